The zero-order valence-corrected chi connectivity index (χ0v) is 13.7. The number of nitrogens with one attached hydrogen (secondary N) is 1. The molecule has 1 N–H and O–H groups in total. The molecule has 0 spiro atoms. The number of furan rings is 1. The second-order valence-electron chi connectivity index (χ2n) is 4.48. The lowest BCUT2D eigenvalue weighted by Crippen LogP contribution is -2.24. The van der Waals surface area contributed by atoms with E-state index in [0.717, 1.165) is 18.9 Å². The fourth-order valence-electron chi connectivity index (χ4n) is 1.43. The summed E-state index contributed by atoms with van der Waals surface area (Å²) in [5, 5.41) is 2.65. The van der Waals surface area contributed by atoms with Crippen molar-refractivity contribution in [3.8, 4) is 0 Å². The minimum atomic E-state index is -3.93. The maximum atomic E-state index is 11.7. The second kappa shape index (κ2) is 6.76. The van der Waals surface area contributed by atoms with Crippen LogP contribution in [0.5, 0.6) is 0 Å². The van der Waals surface area contributed by atoms with Gasteiger partial charge in [-0.3, -0.25) is 4.79 Å². The van der Waals surface area contributed by atoms with E-state index >= 15 is 0 Å². The molecule has 1 rings (SSSR count). The molecule has 1 heterocycles. The molecule has 1 aromatic heterocycles. The van der Waals surface area contributed by atoms with Gasteiger partial charge in [-0.25, -0.2) is 8.42 Å². The van der Waals surface area contributed by atoms with Crippen LogP contribution >= 0.6 is 26.6 Å². The summed E-state index contributed by atoms with van der Waals surface area (Å²) >= 11 is 2.91. The molecule has 1 amide bonds. The third-order valence-electron chi connectivity index (χ3n) is 2.39. The third kappa shape index (κ3) is 5.16. The van der Waals surface area contributed by atoms with E-state index in [0.29, 0.717) is 12.5 Å². The highest BCUT2D eigenvalue weighted by molar-refractivity contribution is 9.10. The van der Waals surface area contributed by atoms with Crippen LogP contribution in [0, 0.1) is 5.92 Å². The van der Waals surface area contributed by atoms with Gasteiger partial charge in [-0.05, 0) is 34.7 Å². The molecule has 8 heteroatoms. The summed E-state index contributed by atoms with van der Waals surface area (Å²) in [4.78, 5) is 11.5. The van der Waals surface area contributed by atoms with Gasteiger partial charge in [0.05, 0.1) is 0 Å². The monoisotopic (exact) mass is 371 g/mol. The molecule has 0 bridgehead atoms. The molecule has 0 fully saturated rings. The zero-order valence-electron chi connectivity index (χ0n) is 10.6. The van der Waals surface area contributed by atoms with E-state index in [1.807, 2.05) is 0 Å². The number of amides is 1. The molecule has 0 radical (unpaired) electrons. The average molecular weight is 373 g/mol. The van der Waals surface area contributed by atoms with E-state index in [1.165, 1.54) is 0 Å². The van der Waals surface area contributed by atoms with Gasteiger partial charge >= 0.3 is 0 Å². The van der Waals surface area contributed by atoms with E-state index < -0.39 is 15.0 Å². The molecular formula is C11H15BrClNO4S. The topological polar surface area (TPSA) is 76.4 Å². The number of rotatable bonds is 6. The van der Waals surface area contributed by atoms with E-state index in [2.05, 4.69) is 35.1 Å². The van der Waals surface area contributed by atoms with Crippen LogP contribution in [0.3, 0.4) is 0 Å². The molecular weight excluding hydrogens is 358 g/mol. The summed E-state index contributed by atoms with van der Waals surface area (Å²) in [5.41, 5.74) is 0. The summed E-state index contributed by atoms with van der Waals surface area (Å²) in [6.07, 6.45) is 1.86. The van der Waals surface area contributed by atoms with Crippen LogP contribution in [-0.2, 0) is 9.05 Å². The molecule has 5 nitrogen and oxygen atoms in total. The first kappa shape index (κ1) is 16.5. The summed E-state index contributed by atoms with van der Waals surface area (Å²) < 4.78 is 27.3. The van der Waals surface area contributed by atoms with Crippen LogP contribution in [0.2, 0.25) is 0 Å². The smallest absolute Gasteiger partial charge is 0.287 e. The zero-order chi connectivity index (χ0) is 14.6. The Hall–Kier alpha value is -0.530. The van der Waals surface area contributed by atoms with Gasteiger partial charge in [0, 0.05) is 23.3 Å². The van der Waals surface area contributed by atoms with Crippen molar-refractivity contribution in [1.29, 1.82) is 0 Å². The fourth-order valence-corrected chi connectivity index (χ4v) is 3.46. The molecule has 108 valence electrons. The molecule has 0 saturated heterocycles. The fraction of sp³-hybridized carbons (Fsp3) is 0.545. The Bertz CT molecular complexity index is 553. The number of hydrogen-bond donors (Lipinski definition) is 1. The van der Waals surface area contributed by atoms with E-state index in [1.54, 1.807) is 0 Å². The summed E-state index contributed by atoms with van der Waals surface area (Å²) in [5.74, 6) is 0.0225. The van der Waals surface area contributed by atoms with E-state index in [4.69, 9.17) is 15.1 Å². The van der Waals surface area contributed by atoms with Crippen LogP contribution in [0.15, 0.2) is 20.0 Å². The summed E-state index contributed by atoms with van der Waals surface area (Å²) in [7, 11) is 1.26. The molecule has 19 heavy (non-hydrogen) atoms. The molecule has 0 aliphatic carbocycles. The first-order valence-corrected chi connectivity index (χ1v) is 8.84. The molecule has 0 atom stereocenters. The van der Waals surface area contributed by atoms with Crippen LogP contribution in [0.25, 0.3) is 0 Å². The Balaban J connectivity index is 2.64. The van der Waals surface area contributed by atoms with Crippen molar-refractivity contribution in [3.05, 3.63) is 16.5 Å². The van der Waals surface area contributed by atoms with Crippen molar-refractivity contribution in [2.75, 3.05) is 6.54 Å². The second-order valence-corrected chi connectivity index (χ2v) is 7.73. The Labute approximate surface area is 125 Å². The third-order valence-corrected chi connectivity index (χ3v) is 4.56. The quantitative estimate of drug-likeness (QED) is 0.615. The van der Waals surface area contributed by atoms with Crippen molar-refractivity contribution in [2.24, 2.45) is 5.92 Å². The average Bonchev–Trinajstić information content (AvgIpc) is 2.66. The number of carbonyl (C=O) groups is 1. The lowest BCUT2D eigenvalue weighted by Gasteiger charge is -2.05. The van der Waals surface area contributed by atoms with Crippen molar-refractivity contribution in [3.63, 3.8) is 0 Å². The number of carbonyl (C=O) groups excluding carboxylic acids is 1. The Morgan fingerprint density at radius 1 is 1.53 bits per heavy atom. The molecule has 1 aromatic rings. The Morgan fingerprint density at radius 2 is 2.16 bits per heavy atom. The highest BCUT2D eigenvalue weighted by atomic mass is 79.9. The molecule has 0 unspecified atom stereocenters. The van der Waals surface area contributed by atoms with Crippen molar-refractivity contribution >= 4 is 41.6 Å². The van der Waals surface area contributed by atoms with Crippen molar-refractivity contribution < 1.29 is 17.6 Å². The van der Waals surface area contributed by atoms with Crippen LogP contribution < -0.4 is 5.32 Å². The normalized spacial score (nSPS) is 11.8. The van der Waals surface area contributed by atoms with E-state index in [9.17, 15) is 13.2 Å². The summed E-state index contributed by atoms with van der Waals surface area (Å²) in [6.45, 7) is 4.71. The van der Waals surface area contributed by atoms with Gasteiger partial charge in [0.15, 0.2) is 10.4 Å². The first-order valence-electron chi connectivity index (χ1n) is 5.74. The van der Waals surface area contributed by atoms with Gasteiger partial charge in [0.2, 0.25) is 0 Å². The molecule has 0 saturated carbocycles. The van der Waals surface area contributed by atoms with Gasteiger partial charge in [0.25, 0.3) is 15.0 Å². The Kier molecular flexibility index (Phi) is 5.88. The molecule has 0 aliphatic heterocycles. The van der Waals surface area contributed by atoms with Crippen molar-refractivity contribution in [2.45, 2.75) is 31.6 Å². The SMILES string of the molecule is CC(C)CCCNC(=O)c1cc(S(=O)(=O)Cl)c(Br)o1. The summed E-state index contributed by atoms with van der Waals surface area (Å²) in [6, 6.07) is 1.10. The minimum absolute atomic E-state index is 0.0742. The number of hydrogen-bond acceptors (Lipinski definition) is 4. The number of halogens is 2. The largest absolute Gasteiger partial charge is 0.443 e. The van der Waals surface area contributed by atoms with Crippen LogP contribution in [0.1, 0.15) is 37.2 Å². The minimum Gasteiger partial charge on any atom is -0.443 e. The van der Waals surface area contributed by atoms with E-state index in [-0.39, 0.29) is 15.3 Å². The van der Waals surface area contributed by atoms with Gasteiger partial charge in [-0.15, -0.1) is 0 Å². The lowest BCUT2D eigenvalue weighted by molar-refractivity contribution is 0.0923. The van der Waals surface area contributed by atoms with Gasteiger partial charge in [-0.1, -0.05) is 13.8 Å². The van der Waals surface area contributed by atoms with Gasteiger partial charge in [-0.2, -0.15) is 0 Å². The molecule has 0 aliphatic rings. The maximum absolute atomic E-state index is 11.7. The highest BCUT2D eigenvalue weighted by Gasteiger charge is 2.22. The molecule has 0 aromatic carbocycles. The van der Waals surface area contributed by atoms with Gasteiger partial charge < -0.3 is 9.73 Å². The first-order chi connectivity index (χ1) is 8.71. The van der Waals surface area contributed by atoms with Crippen molar-refractivity contribution in [1.82, 2.24) is 5.32 Å². The predicted molar refractivity (Wildman–Crippen MR) is 75.9 cm³/mol. The Morgan fingerprint density at radius 3 is 2.63 bits per heavy atom. The lowest BCUT2D eigenvalue weighted by atomic mass is 10.1. The maximum Gasteiger partial charge on any atom is 0.287 e. The predicted octanol–water partition coefficient (Wildman–Crippen LogP) is 3.14. The van der Waals surface area contributed by atoms with Crippen LogP contribution in [-0.4, -0.2) is 20.9 Å². The standard InChI is InChI=1S/C11H15BrClNO4S/c1-7(2)4-3-5-14-11(15)8-6-9(10(12)18-8)19(13,16)17/h6-7H,3-5H2,1-2H3,(H,14,15). The highest BCUT2D eigenvalue weighted by Crippen LogP contribution is 2.28. The van der Waals surface area contributed by atoms with Gasteiger partial charge in [0.1, 0.15) is 4.90 Å². The van der Waals surface area contributed by atoms with Crippen LogP contribution in [0.4, 0.5) is 0 Å².